The summed E-state index contributed by atoms with van der Waals surface area (Å²) in [6, 6.07) is 4.53. The van der Waals surface area contributed by atoms with Crippen LogP contribution >= 0.6 is 11.6 Å². The molecule has 6 heteroatoms. The van der Waals surface area contributed by atoms with E-state index in [2.05, 4.69) is 23.9 Å². The van der Waals surface area contributed by atoms with Crippen molar-refractivity contribution in [3.63, 3.8) is 0 Å². The summed E-state index contributed by atoms with van der Waals surface area (Å²) >= 11 is 5.90. The number of halogens is 2. The number of rotatable bonds is 7. The molecule has 1 aromatic carbocycles. The Morgan fingerprint density at radius 2 is 2.20 bits per heavy atom. The summed E-state index contributed by atoms with van der Waals surface area (Å²) in [5.74, 6) is 0.335. The SMILES string of the molecule is CC(C)CN(CC/C(N)=N/O)Cc1cc(Cl)ccc1F. The summed E-state index contributed by atoms with van der Waals surface area (Å²) in [7, 11) is 0. The lowest BCUT2D eigenvalue weighted by Crippen LogP contribution is -2.31. The van der Waals surface area contributed by atoms with Crippen LogP contribution in [0.2, 0.25) is 5.02 Å². The Kier molecular flexibility index (Phi) is 6.75. The van der Waals surface area contributed by atoms with E-state index >= 15 is 0 Å². The highest BCUT2D eigenvalue weighted by Crippen LogP contribution is 2.17. The van der Waals surface area contributed by atoms with Gasteiger partial charge in [-0.3, -0.25) is 4.90 Å². The van der Waals surface area contributed by atoms with Gasteiger partial charge < -0.3 is 10.9 Å². The molecular formula is C14H21ClFN3O. The van der Waals surface area contributed by atoms with Crippen molar-refractivity contribution in [1.29, 1.82) is 0 Å². The Morgan fingerprint density at radius 3 is 2.80 bits per heavy atom. The molecule has 0 unspecified atom stereocenters. The zero-order valence-electron chi connectivity index (χ0n) is 11.8. The summed E-state index contributed by atoms with van der Waals surface area (Å²) in [6.07, 6.45) is 0.436. The number of oxime groups is 1. The van der Waals surface area contributed by atoms with Crippen LogP contribution in [0.25, 0.3) is 0 Å². The van der Waals surface area contributed by atoms with Crippen molar-refractivity contribution in [1.82, 2.24) is 4.90 Å². The Balaban J connectivity index is 2.75. The third kappa shape index (κ3) is 5.75. The van der Waals surface area contributed by atoms with Gasteiger partial charge in [-0.2, -0.15) is 0 Å². The molecule has 0 fully saturated rings. The number of hydrogen-bond donors (Lipinski definition) is 2. The quantitative estimate of drug-likeness (QED) is 0.352. The van der Waals surface area contributed by atoms with Gasteiger partial charge >= 0.3 is 0 Å². The number of nitrogens with two attached hydrogens (primary N) is 1. The third-order valence-electron chi connectivity index (χ3n) is 2.84. The first-order chi connectivity index (χ1) is 9.42. The van der Waals surface area contributed by atoms with Crippen molar-refractivity contribution in [3.8, 4) is 0 Å². The Bertz CT molecular complexity index is 466. The van der Waals surface area contributed by atoms with Gasteiger partial charge in [-0.05, 0) is 24.1 Å². The lowest BCUT2D eigenvalue weighted by molar-refractivity contribution is 0.238. The summed E-state index contributed by atoms with van der Waals surface area (Å²) in [5.41, 5.74) is 6.03. The summed E-state index contributed by atoms with van der Waals surface area (Å²) < 4.78 is 13.8. The van der Waals surface area contributed by atoms with Crippen LogP contribution in [0.15, 0.2) is 23.4 Å². The molecule has 0 bridgehead atoms. The highest BCUT2D eigenvalue weighted by Gasteiger charge is 2.12. The molecule has 0 aliphatic heterocycles. The van der Waals surface area contributed by atoms with E-state index in [9.17, 15) is 4.39 Å². The third-order valence-corrected chi connectivity index (χ3v) is 3.07. The van der Waals surface area contributed by atoms with E-state index in [1.165, 1.54) is 12.1 Å². The molecule has 0 saturated carbocycles. The van der Waals surface area contributed by atoms with E-state index in [1.807, 2.05) is 0 Å². The highest BCUT2D eigenvalue weighted by atomic mass is 35.5. The van der Waals surface area contributed by atoms with E-state index in [-0.39, 0.29) is 11.7 Å². The van der Waals surface area contributed by atoms with Crippen molar-refractivity contribution < 1.29 is 9.60 Å². The number of benzene rings is 1. The van der Waals surface area contributed by atoms with E-state index in [4.69, 9.17) is 22.5 Å². The summed E-state index contributed by atoms with van der Waals surface area (Å²) in [4.78, 5) is 2.07. The first kappa shape index (κ1) is 16.7. The molecule has 0 atom stereocenters. The molecule has 1 rings (SSSR count). The first-order valence-electron chi connectivity index (χ1n) is 6.55. The van der Waals surface area contributed by atoms with Crippen molar-refractivity contribution in [2.45, 2.75) is 26.8 Å². The fourth-order valence-electron chi connectivity index (χ4n) is 1.98. The average Bonchev–Trinajstić information content (AvgIpc) is 2.39. The zero-order valence-corrected chi connectivity index (χ0v) is 12.6. The Hall–Kier alpha value is -1.33. The van der Waals surface area contributed by atoms with Crippen LogP contribution < -0.4 is 5.73 Å². The monoisotopic (exact) mass is 301 g/mol. The minimum absolute atomic E-state index is 0.172. The first-order valence-corrected chi connectivity index (χ1v) is 6.92. The van der Waals surface area contributed by atoms with Gasteiger partial charge in [0, 0.05) is 36.6 Å². The summed E-state index contributed by atoms with van der Waals surface area (Å²) in [5, 5.41) is 12.0. The van der Waals surface area contributed by atoms with Crippen molar-refractivity contribution >= 4 is 17.4 Å². The van der Waals surface area contributed by atoms with Crippen molar-refractivity contribution in [2.24, 2.45) is 16.8 Å². The molecule has 1 aromatic rings. The average molecular weight is 302 g/mol. The normalized spacial score (nSPS) is 12.4. The molecule has 0 amide bonds. The maximum atomic E-state index is 13.8. The van der Waals surface area contributed by atoms with Crippen LogP contribution in [0.3, 0.4) is 0 Å². The zero-order chi connectivity index (χ0) is 15.1. The van der Waals surface area contributed by atoms with Gasteiger partial charge in [-0.1, -0.05) is 30.6 Å². The minimum Gasteiger partial charge on any atom is -0.409 e. The van der Waals surface area contributed by atoms with Crippen LogP contribution in [0.5, 0.6) is 0 Å². The predicted molar refractivity (Wildman–Crippen MR) is 79.6 cm³/mol. The van der Waals surface area contributed by atoms with E-state index in [0.29, 0.717) is 36.0 Å². The predicted octanol–water partition coefficient (Wildman–Crippen LogP) is 3.07. The number of nitrogens with zero attached hydrogens (tertiary/aromatic N) is 2. The second-order valence-corrected chi connectivity index (χ2v) is 5.64. The van der Waals surface area contributed by atoms with Gasteiger partial charge in [0.25, 0.3) is 0 Å². The molecule has 0 spiro atoms. The van der Waals surface area contributed by atoms with E-state index < -0.39 is 0 Å². The molecule has 0 aromatic heterocycles. The molecule has 3 N–H and O–H groups in total. The van der Waals surface area contributed by atoms with E-state index in [0.717, 1.165) is 6.54 Å². The molecular weight excluding hydrogens is 281 g/mol. The smallest absolute Gasteiger partial charge is 0.140 e. The van der Waals surface area contributed by atoms with Crippen LogP contribution in [0.4, 0.5) is 4.39 Å². The second-order valence-electron chi connectivity index (χ2n) is 5.21. The van der Waals surface area contributed by atoms with Gasteiger partial charge in [0.1, 0.15) is 11.7 Å². The van der Waals surface area contributed by atoms with Crippen molar-refractivity contribution in [2.75, 3.05) is 13.1 Å². The lowest BCUT2D eigenvalue weighted by Gasteiger charge is -2.24. The Labute approximate surface area is 124 Å². The second kappa shape index (κ2) is 8.07. The van der Waals surface area contributed by atoms with Crippen LogP contribution in [-0.2, 0) is 6.54 Å². The molecule has 0 heterocycles. The van der Waals surface area contributed by atoms with Crippen LogP contribution in [0, 0.1) is 11.7 Å². The molecule has 4 nitrogen and oxygen atoms in total. The number of hydrogen-bond acceptors (Lipinski definition) is 3. The molecule has 0 aliphatic rings. The molecule has 20 heavy (non-hydrogen) atoms. The standard InChI is InChI=1S/C14H21ClFN3O/c1-10(2)8-19(6-5-14(17)18-20)9-11-7-12(15)3-4-13(11)16/h3-4,7,10,20H,5-6,8-9H2,1-2H3,(H2,17,18). The number of amidine groups is 1. The van der Waals surface area contributed by atoms with Crippen LogP contribution in [0.1, 0.15) is 25.8 Å². The maximum Gasteiger partial charge on any atom is 0.140 e. The van der Waals surface area contributed by atoms with Gasteiger partial charge in [0.2, 0.25) is 0 Å². The van der Waals surface area contributed by atoms with E-state index in [1.54, 1.807) is 6.07 Å². The molecule has 0 aliphatic carbocycles. The molecule has 0 radical (unpaired) electrons. The highest BCUT2D eigenvalue weighted by molar-refractivity contribution is 6.30. The van der Waals surface area contributed by atoms with Gasteiger partial charge in [-0.15, -0.1) is 0 Å². The van der Waals surface area contributed by atoms with Gasteiger partial charge in [0.15, 0.2) is 0 Å². The molecule has 112 valence electrons. The van der Waals surface area contributed by atoms with Gasteiger partial charge in [-0.25, -0.2) is 4.39 Å². The lowest BCUT2D eigenvalue weighted by atomic mass is 10.1. The van der Waals surface area contributed by atoms with Crippen molar-refractivity contribution in [3.05, 3.63) is 34.6 Å². The Morgan fingerprint density at radius 1 is 1.50 bits per heavy atom. The topological polar surface area (TPSA) is 61.8 Å². The van der Waals surface area contributed by atoms with Gasteiger partial charge in [0.05, 0.1) is 0 Å². The summed E-state index contributed by atoms with van der Waals surface area (Å²) in [6.45, 7) is 6.02. The van der Waals surface area contributed by atoms with Crippen LogP contribution in [-0.4, -0.2) is 29.0 Å². The fourth-order valence-corrected chi connectivity index (χ4v) is 2.17. The maximum absolute atomic E-state index is 13.8. The minimum atomic E-state index is -0.271. The fraction of sp³-hybridized carbons (Fsp3) is 0.500. The molecule has 0 saturated heterocycles. The largest absolute Gasteiger partial charge is 0.409 e.